The van der Waals surface area contributed by atoms with Gasteiger partial charge in [-0.05, 0) is 54.3 Å². The smallest absolute Gasteiger partial charge is 0.189 e. The summed E-state index contributed by atoms with van der Waals surface area (Å²) in [4.78, 5) is 13.0. The Morgan fingerprint density at radius 3 is 2.83 bits per heavy atom. The standard InChI is InChI=1S/C14H11ClO2S/c1-9-6-7-18-14(9)5-4-13(17)11-8-10(15)2-3-12(11)16/h2-8,16H,1H3. The van der Waals surface area contributed by atoms with Gasteiger partial charge in [-0.1, -0.05) is 11.6 Å². The maximum atomic E-state index is 11.9. The summed E-state index contributed by atoms with van der Waals surface area (Å²) in [7, 11) is 0. The van der Waals surface area contributed by atoms with Gasteiger partial charge in [-0.3, -0.25) is 4.79 Å². The first-order valence-corrected chi connectivity index (χ1v) is 6.58. The highest BCUT2D eigenvalue weighted by Crippen LogP contribution is 2.23. The predicted molar refractivity (Wildman–Crippen MR) is 75.5 cm³/mol. The fourth-order valence-electron chi connectivity index (χ4n) is 1.50. The number of thiophene rings is 1. The van der Waals surface area contributed by atoms with Crippen molar-refractivity contribution in [3.05, 3.63) is 56.7 Å². The molecule has 2 aromatic rings. The summed E-state index contributed by atoms with van der Waals surface area (Å²) in [6, 6.07) is 6.41. The summed E-state index contributed by atoms with van der Waals surface area (Å²) in [6.45, 7) is 1.98. The molecular weight excluding hydrogens is 268 g/mol. The zero-order chi connectivity index (χ0) is 13.1. The normalized spacial score (nSPS) is 11.0. The molecule has 0 atom stereocenters. The van der Waals surface area contributed by atoms with Crippen molar-refractivity contribution in [2.45, 2.75) is 6.92 Å². The summed E-state index contributed by atoms with van der Waals surface area (Å²) in [5.74, 6) is -0.320. The van der Waals surface area contributed by atoms with E-state index in [0.717, 1.165) is 10.4 Å². The molecule has 0 bridgehead atoms. The van der Waals surface area contributed by atoms with Crippen molar-refractivity contribution in [2.75, 3.05) is 0 Å². The number of hydrogen-bond acceptors (Lipinski definition) is 3. The maximum absolute atomic E-state index is 11.9. The molecular formula is C14H11ClO2S. The van der Waals surface area contributed by atoms with E-state index in [1.54, 1.807) is 23.5 Å². The van der Waals surface area contributed by atoms with E-state index in [1.165, 1.54) is 18.2 Å². The van der Waals surface area contributed by atoms with E-state index in [-0.39, 0.29) is 17.1 Å². The molecule has 0 aliphatic carbocycles. The Kier molecular flexibility index (Phi) is 3.84. The first kappa shape index (κ1) is 12.9. The zero-order valence-corrected chi connectivity index (χ0v) is 11.3. The molecule has 4 heteroatoms. The lowest BCUT2D eigenvalue weighted by atomic mass is 10.1. The Hall–Kier alpha value is -1.58. The van der Waals surface area contributed by atoms with E-state index >= 15 is 0 Å². The molecule has 0 saturated heterocycles. The number of halogens is 1. The van der Waals surface area contributed by atoms with E-state index in [1.807, 2.05) is 18.4 Å². The number of carbonyl (C=O) groups is 1. The number of phenols is 1. The minimum absolute atomic E-state index is 0.0584. The third-order valence-electron chi connectivity index (χ3n) is 2.51. The van der Waals surface area contributed by atoms with Gasteiger partial charge in [-0.25, -0.2) is 0 Å². The predicted octanol–water partition coefficient (Wildman–Crippen LogP) is 4.31. The van der Waals surface area contributed by atoms with Crippen LogP contribution in [-0.4, -0.2) is 10.9 Å². The SMILES string of the molecule is Cc1ccsc1C=CC(=O)c1cc(Cl)ccc1O. The highest BCUT2D eigenvalue weighted by atomic mass is 35.5. The van der Waals surface area contributed by atoms with Gasteiger partial charge in [0.05, 0.1) is 5.56 Å². The molecule has 92 valence electrons. The molecule has 1 aromatic heterocycles. The summed E-state index contributed by atoms with van der Waals surface area (Å²) in [6.07, 6.45) is 3.20. The third-order valence-corrected chi connectivity index (χ3v) is 3.73. The third kappa shape index (κ3) is 2.81. The number of rotatable bonds is 3. The Morgan fingerprint density at radius 1 is 1.39 bits per heavy atom. The summed E-state index contributed by atoms with van der Waals surface area (Å²) in [5.41, 5.74) is 1.34. The molecule has 1 aromatic carbocycles. The van der Waals surface area contributed by atoms with Crippen LogP contribution in [-0.2, 0) is 0 Å². The van der Waals surface area contributed by atoms with Crippen LogP contribution in [0.4, 0.5) is 0 Å². The van der Waals surface area contributed by atoms with Crippen LogP contribution in [0.2, 0.25) is 5.02 Å². The number of aryl methyl sites for hydroxylation is 1. The Labute approximate surface area is 114 Å². The lowest BCUT2D eigenvalue weighted by molar-refractivity contribution is 0.104. The van der Waals surface area contributed by atoms with E-state index in [9.17, 15) is 9.90 Å². The first-order valence-electron chi connectivity index (χ1n) is 5.33. The van der Waals surface area contributed by atoms with Crippen molar-refractivity contribution in [3.8, 4) is 5.75 Å². The average Bonchev–Trinajstić information content (AvgIpc) is 2.75. The van der Waals surface area contributed by atoms with Crippen LogP contribution in [0.15, 0.2) is 35.7 Å². The molecule has 0 fully saturated rings. The van der Waals surface area contributed by atoms with E-state index in [0.29, 0.717) is 5.02 Å². The monoisotopic (exact) mass is 278 g/mol. The van der Waals surface area contributed by atoms with Crippen LogP contribution in [0, 0.1) is 6.92 Å². The molecule has 0 radical (unpaired) electrons. The molecule has 1 heterocycles. The number of phenolic OH excluding ortho intramolecular Hbond substituents is 1. The molecule has 0 unspecified atom stereocenters. The van der Waals surface area contributed by atoms with Crippen molar-refractivity contribution in [2.24, 2.45) is 0 Å². The second-order valence-electron chi connectivity index (χ2n) is 3.83. The highest BCUT2D eigenvalue weighted by Gasteiger charge is 2.08. The summed E-state index contributed by atoms with van der Waals surface area (Å²) in [5, 5.41) is 12.0. The fraction of sp³-hybridized carbons (Fsp3) is 0.0714. The summed E-state index contributed by atoms with van der Waals surface area (Å²) < 4.78 is 0. The fourth-order valence-corrected chi connectivity index (χ4v) is 2.49. The molecule has 2 rings (SSSR count). The molecule has 0 spiro atoms. The second-order valence-corrected chi connectivity index (χ2v) is 5.21. The van der Waals surface area contributed by atoms with Crippen molar-refractivity contribution in [1.29, 1.82) is 0 Å². The van der Waals surface area contributed by atoms with Gasteiger partial charge in [-0.15, -0.1) is 11.3 Å². The van der Waals surface area contributed by atoms with Crippen LogP contribution >= 0.6 is 22.9 Å². The first-order chi connectivity index (χ1) is 8.58. The van der Waals surface area contributed by atoms with E-state index in [4.69, 9.17) is 11.6 Å². The second kappa shape index (κ2) is 5.38. The average molecular weight is 279 g/mol. The van der Waals surface area contributed by atoms with Crippen molar-refractivity contribution in [1.82, 2.24) is 0 Å². The number of ketones is 1. The molecule has 18 heavy (non-hydrogen) atoms. The van der Waals surface area contributed by atoms with Crippen LogP contribution in [0.25, 0.3) is 6.08 Å². The number of allylic oxidation sites excluding steroid dienone is 1. The topological polar surface area (TPSA) is 37.3 Å². The van der Waals surface area contributed by atoms with Gasteiger partial charge in [0.25, 0.3) is 0 Å². The number of hydrogen-bond donors (Lipinski definition) is 1. The number of benzene rings is 1. The van der Waals surface area contributed by atoms with Gasteiger partial charge >= 0.3 is 0 Å². The van der Waals surface area contributed by atoms with Gasteiger partial charge in [-0.2, -0.15) is 0 Å². The van der Waals surface area contributed by atoms with E-state index in [2.05, 4.69) is 0 Å². The minimum atomic E-state index is -0.261. The lowest BCUT2D eigenvalue weighted by Crippen LogP contribution is -1.94. The summed E-state index contributed by atoms with van der Waals surface area (Å²) >= 11 is 7.37. The van der Waals surface area contributed by atoms with Crippen LogP contribution < -0.4 is 0 Å². The van der Waals surface area contributed by atoms with Crippen molar-refractivity contribution >= 4 is 34.8 Å². The van der Waals surface area contributed by atoms with Crippen LogP contribution in [0.1, 0.15) is 20.8 Å². The molecule has 0 saturated carbocycles. The maximum Gasteiger partial charge on any atom is 0.189 e. The number of aromatic hydroxyl groups is 1. The molecule has 1 N–H and O–H groups in total. The molecule has 0 amide bonds. The molecule has 2 nitrogen and oxygen atoms in total. The Bertz CT molecular complexity index is 614. The lowest BCUT2D eigenvalue weighted by Gasteiger charge is -2.00. The van der Waals surface area contributed by atoms with Gasteiger partial charge in [0, 0.05) is 9.90 Å². The minimum Gasteiger partial charge on any atom is -0.507 e. The largest absolute Gasteiger partial charge is 0.507 e. The highest BCUT2D eigenvalue weighted by molar-refractivity contribution is 7.11. The van der Waals surface area contributed by atoms with Gasteiger partial charge in [0.15, 0.2) is 5.78 Å². The van der Waals surface area contributed by atoms with Crippen molar-refractivity contribution < 1.29 is 9.90 Å². The van der Waals surface area contributed by atoms with Gasteiger partial charge < -0.3 is 5.11 Å². The molecule has 0 aliphatic heterocycles. The molecule has 0 aliphatic rings. The Morgan fingerprint density at radius 2 is 2.17 bits per heavy atom. The van der Waals surface area contributed by atoms with Gasteiger partial charge in [0.1, 0.15) is 5.75 Å². The van der Waals surface area contributed by atoms with Gasteiger partial charge in [0.2, 0.25) is 0 Å². The quantitative estimate of drug-likeness (QED) is 0.671. The number of carbonyl (C=O) groups excluding carboxylic acids is 1. The van der Waals surface area contributed by atoms with Crippen LogP contribution in [0.3, 0.4) is 0 Å². The van der Waals surface area contributed by atoms with Crippen molar-refractivity contribution in [3.63, 3.8) is 0 Å². The Balaban J connectivity index is 2.25. The van der Waals surface area contributed by atoms with E-state index < -0.39 is 0 Å². The van der Waals surface area contributed by atoms with Crippen LogP contribution in [0.5, 0.6) is 5.75 Å². The zero-order valence-electron chi connectivity index (χ0n) is 9.68.